The van der Waals surface area contributed by atoms with Gasteiger partial charge >= 0.3 is 0 Å². The first-order valence-corrected chi connectivity index (χ1v) is 12.0. The van der Waals surface area contributed by atoms with Crippen LogP contribution in [0.1, 0.15) is 37.3 Å². The summed E-state index contributed by atoms with van der Waals surface area (Å²) >= 11 is 0. The van der Waals surface area contributed by atoms with Crippen molar-refractivity contribution in [3.63, 3.8) is 0 Å². The lowest BCUT2D eigenvalue weighted by molar-refractivity contribution is 0.164. The second-order valence-corrected chi connectivity index (χ2v) is 9.51. The number of nitrogens with one attached hydrogen (secondary N) is 2. The van der Waals surface area contributed by atoms with E-state index in [1.165, 1.54) is 31.1 Å². The van der Waals surface area contributed by atoms with Gasteiger partial charge in [-0.25, -0.2) is 8.42 Å². The van der Waals surface area contributed by atoms with Crippen LogP contribution in [0.5, 0.6) is 5.75 Å². The number of benzene rings is 1. The predicted molar refractivity (Wildman–Crippen MR) is 115 cm³/mol. The van der Waals surface area contributed by atoms with Crippen molar-refractivity contribution in [2.24, 2.45) is 4.99 Å². The van der Waals surface area contributed by atoms with Gasteiger partial charge in [-0.15, -0.1) is 0 Å². The van der Waals surface area contributed by atoms with E-state index >= 15 is 0 Å². The Bertz CT molecular complexity index is 713. The van der Waals surface area contributed by atoms with Crippen LogP contribution in [-0.2, 0) is 9.84 Å². The number of hydrogen-bond acceptors (Lipinski definition) is 5. The van der Waals surface area contributed by atoms with Crippen molar-refractivity contribution in [2.75, 3.05) is 52.3 Å². The molecule has 1 atom stereocenters. The maximum Gasteiger partial charge on any atom is 0.191 e. The van der Waals surface area contributed by atoms with Crippen molar-refractivity contribution in [3.05, 3.63) is 29.8 Å². The number of sulfone groups is 1. The van der Waals surface area contributed by atoms with Crippen molar-refractivity contribution >= 4 is 15.8 Å². The van der Waals surface area contributed by atoms with Crippen LogP contribution >= 0.6 is 0 Å². The van der Waals surface area contributed by atoms with Gasteiger partial charge in [-0.3, -0.25) is 9.89 Å². The maximum atomic E-state index is 11.3. The zero-order valence-corrected chi connectivity index (χ0v) is 18.1. The molecule has 0 saturated carbocycles. The quantitative estimate of drug-likeness (QED) is 0.367. The Kier molecular flexibility index (Phi) is 9.05. The van der Waals surface area contributed by atoms with Crippen molar-refractivity contribution in [1.29, 1.82) is 0 Å². The fraction of sp³-hybridized carbons (Fsp3) is 0.650. The van der Waals surface area contributed by atoms with Gasteiger partial charge in [0.25, 0.3) is 0 Å². The van der Waals surface area contributed by atoms with Crippen molar-refractivity contribution < 1.29 is 13.2 Å². The molecule has 1 aliphatic rings. The van der Waals surface area contributed by atoms with Crippen LogP contribution in [0.2, 0.25) is 0 Å². The summed E-state index contributed by atoms with van der Waals surface area (Å²) in [5.74, 6) is 1.74. The van der Waals surface area contributed by atoms with Gasteiger partial charge < -0.3 is 15.4 Å². The lowest BCUT2D eigenvalue weighted by atomic mass is 10.0. The summed E-state index contributed by atoms with van der Waals surface area (Å²) in [5, 5.41) is 6.61. The highest BCUT2D eigenvalue weighted by molar-refractivity contribution is 7.90. The van der Waals surface area contributed by atoms with Gasteiger partial charge in [-0.1, -0.05) is 18.6 Å². The standard InChI is InChI=1S/C20H34N4O3S/c1-21-20(22-12-7-15-28(3,25)26)23-16-19(24-13-5-4-6-14-24)17-8-10-18(27-2)11-9-17/h8-11,19H,4-7,12-16H2,1-3H3,(H2,21,22,23). The number of piperidine rings is 1. The van der Waals surface area contributed by atoms with Crippen molar-refractivity contribution in [3.8, 4) is 5.75 Å². The highest BCUT2D eigenvalue weighted by atomic mass is 32.2. The summed E-state index contributed by atoms with van der Waals surface area (Å²) in [4.78, 5) is 6.79. The Morgan fingerprint density at radius 2 is 1.86 bits per heavy atom. The van der Waals surface area contributed by atoms with Crippen LogP contribution in [0, 0.1) is 0 Å². The fourth-order valence-electron chi connectivity index (χ4n) is 3.47. The first kappa shape index (κ1) is 22.5. The third kappa shape index (κ3) is 7.67. The summed E-state index contributed by atoms with van der Waals surface area (Å²) in [6.07, 6.45) is 5.57. The molecule has 1 heterocycles. The van der Waals surface area contributed by atoms with E-state index in [9.17, 15) is 8.42 Å². The van der Waals surface area contributed by atoms with Gasteiger partial charge in [0, 0.05) is 26.4 Å². The van der Waals surface area contributed by atoms with Crippen LogP contribution in [0.3, 0.4) is 0 Å². The average Bonchev–Trinajstić information content (AvgIpc) is 2.70. The molecule has 28 heavy (non-hydrogen) atoms. The molecule has 8 heteroatoms. The second-order valence-electron chi connectivity index (χ2n) is 7.25. The molecule has 158 valence electrons. The van der Waals surface area contributed by atoms with Crippen LogP contribution < -0.4 is 15.4 Å². The number of methoxy groups -OCH3 is 1. The molecule has 1 fully saturated rings. The van der Waals surface area contributed by atoms with Crippen molar-refractivity contribution in [2.45, 2.75) is 31.7 Å². The summed E-state index contributed by atoms with van der Waals surface area (Å²) in [6, 6.07) is 8.51. The largest absolute Gasteiger partial charge is 0.497 e. The van der Waals surface area contributed by atoms with Crippen LogP contribution in [-0.4, -0.2) is 71.6 Å². The van der Waals surface area contributed by atoms with Crippen LogP contribution in [0.25, 0.3) is 0 Å². The lowest BCUT2D eigenvalue weighted by Gasteiger charge is -2.35. The van der Waals surface area contributed by atoms with Gasteiger partial charge in [0.05, 0.1) is 18.9 Å². The predicted octanol–water partition coefficient (Wildman–Crippen LogP) is 1.82. The van der Waals surface area contributed by atoms with Gasteiger partial charge in [-0.2, -0.15) is 0 Å². The molecule has 0 aliphatic carbocycles. The molecule has 2 N–H and O–H groups in total. The molecule has 1 saturated heterocycles. The number of ether oxygens (including phenoxy) is 1. The molecule has 0 spiro atoms. The Labute approximate surface area is 169 Å². The second kappa shape index (κ2) is 11.3. The molecule has 2 rings (SSSR count). The Morgan fingerprint density at radius 3 is 2.43 bits per heavy atom. The average molecular weight is 411 g/mol. The maximum absolute atomic E-state index is 11.3. The minimum atomic E-state index is -2.93. The number of rotatable bonds is 9. The minimum Gasteiger partial charge on any atom is -0.497 e. The zero-order chi connectivity index (χ0) is 20.4. The first-order chi connectivity index (χ1) is 13.4. The number of hydrogen-bond donors (Lipinski definition) is 2. The number of aliphatic imine (C=N–C) groups is 1. The van der Waals surface area contributed by atoms with Gasteiger partial charge in [-0.05, 0) is 50.0 Å². The summed E-state index contributed by atoms with van der Waals surface area (Å²) < 4.78 is 27.8. The molecule has 0 bridgehead atoms. The molecule has 1 aromatic carbocycles. The highest BCUT2D eigenvalue weighted by Crippen LogP contribution is 2.25. The van der Waals surface area contributed by atoms with E-state index in [1.54, 1.807) is 14.2 Å². The van der Waals surface area contributed by atoms with Crippen molar-refractivity contribution in [1.82, 2.24) is 15.5 Å². The van der Waals surface area contributed by atoms with E-state index in [0.717, 1.165) is 25.4 Å². The van der Waals surface area contributed by atoms with E-state index in [0.29, 0.717) is 18.9 Å². The summed E-state index contributed by atoms with van der Waals surface area (Å²) in [6.45, 7) is 3.50. The minimum absolute atomic E-state index is 0.180. The molecule has 1 aromatic rings. The first-order valence-electron chi connectivity index (χ1n) is 9.93. The zero-order valence-electron chi connectivity index (χ0n) is 17.3. The number of nitrogens with zero attached hydrogens (tertiary/aromatic N) is 2. The highest BCUT2D eigenvalue weighted by Gasteiger charge is 2.22. The Hall–Kier alpha value is -1.80. The van der Waals surface area contributed by atoms with E-state index in [-0.39, 0.29) is 11.8 Å². The monoisotopic (exact) mass is 410 g/mol. The molecular weight excluding hydrogens is 376 g/mol. The molecular formula is C20H34N4O3S. The van der Waals surface area contributed by atoms with E-state index in [1.807, 2.05) is 12.1 Å². The summed E-state index contributed by atoms with van der Waals surface area (Å²) in [5.41, 5.74) is 1.25. The smallest absolute Gasteiger partial charge is 0.191 e. The molecule has 0 aromatic heterocycles. The van der Waals surface area contributed by atoms with E-state index < -0.39 is 9.84 Å². The molecule has 1 unspecified atom stereocenters. The SMILES string of the molecule is CN=C(NCCCS(C)(=O)=O)NCC(c1ccc(OC)cc1)N1CCCCC1. The Morgan fingerprint density at radius 1 is 1.18 bits per heavy atom. The molecule has 7 nitrogen and oxygen atoms in total. The fourth-order valence-corrected chi connectivity index (χ4v) is 4.14. The summed E-state index contributed by atoms with van der Waals surface area (Å²) in [7, 11) is 0.482. The van der Waals surface area contributed by atoms with Gasteiger partial charge in [0.15, 0.2) is 5.96 Å². The number of likely N-dealkylation sites (tertiary alicyclic amines) is 1. The molecule has 0 amide bonds. The topological polar surface area (TPSA) is 83.0 Å². The molecule has 0 radical (unpaired) electrons. The third-order valence-corrected chi connectivity index (χ3v) is 6.03. The Balaban J connectivity index is 1.96. The van der Waals surface area contributed by atoms with Crippen LogP contribution in [0.4, 0.5) is 0 Å². The van der Waals surface area contributed by atoms with E-state index in [2.05, 4.69) is 32.7 Å². The van der Waals surface area contributed by atoms with Crippen LogP contribution in [0.15, 0.2) is 29.3 Å². The lowest BCUT2D eigenvalue weighted by Crippen LogP contribution is -2.44. The van der Waals surface area contributed by atoms with E-state index in [4.69, 9.17) is 4.74 Å². The van der Waals surface area contributed by atoms with Gasteiger partial charge in [0.1, 0.15) is 15.6 Å². The normalized spacial score (nSPS) is 17.2. The van der Waals surface area contributed by atoms with Gasteiger partial charge in [0.2, 0.25) is 0 Å². The molecule has 1 aliphatic heterocycles. The third-order valence-electron chi connectivity index (χ3n) is 5.00. The number of guanidine groups is 1.